The second-order valence-corrected chi connectivity index (χ2v) is 2.21. The van der Waals surface area contributed by atoms with Crippen molar-refractivity contribution in [1.82, 2.24) is 0 Å². The van der Waals surface area contributed by atoms with E-state index in [1.54, 1.807) is 0 Å². The quantitative estimate of drug-likeness (QED) is 0.458. The summed E-state index contributed by atoms with van der Waals surface area (Å²) in [7, 11) is 0. The van der Waals surface area contributed by atoms with E-state index in [0.29, 0.717) is 0 Å². The number of hydrogen-bond donors (Lipinski definition) is 0. The molecule has 0 fully saturated rings. The molecule has 1 aliphatic carbocycles. The summed E-state index contributed by atoms with van der Waals surface area (Å²) in [5.41, 5.74) is 3.08. The molecule has 0 unspecified atom stereocenters. The lowest BCUT2D eigenvalue weighted by molar-refractivity contribution is 1.21. The molecule has 0 aromatic rings. The van der Waals surface area contributed by atoms with Crippen LogP contribution in [0.3, 0.4) is 0 Å². The summed E-state index contributed by atoms with van der Waals surface area (Å²) in [6.45, 7) is 11.5. The van der Waals surface area contributed by atoms with Gasteiger partial charge >= 0.3 is 0 Å². The monoisotopic (exact) mass is 118 g/mol. The fraction of sp³-hybridized carbons (Fsp3) is 0.111. The van der Waals surface area contributed by atoms with Crippen LogP contribution in [0, 0.1) is 0 Å². The molecule has 0 atom stereocenters. The topological polar surface area (TPSA) is 0 Å². The highest BCUT2D eigenvalue weighted by Crippen LogP contribution is 2.23. The molecule has 0 aliphatic heterocycles. The van der Waals surface area contributed by atoms with Crippen LogP contribution < -0.4 is 0 Å². The molecule has 46 valence electrons. The van der Waals surface area contributed by atoms with E-state index in [4.69, 9.17) is 0 Å². The summed E-state index contributed by atoms with van der Waals surface area (Å²) in [5, 5.41) is 0. The summed E-state index contributed by atoms with van der Waals surface area (Å²) >= 11 is 0. The van der Waals surface area contributed by atoms with Crippen LogP contribution >= 0.6 is 0 Å². The van der Waals surface area contributed by atoms with E-state index in [2.05, 4.69) is 25.8 Å². The van der Waals surface area contributed by atoms with E-state index in [0.717, 1.165) is 23.1 Å². The van der Waals surface area contributed by atoms with Crippen LogP contribution in [0.1, 0.15) is 6.42 Å². The molecule has 0 heterocycles. The van der Waals surface area contributed by atoms with E-state index >= 15 is 0 Å². The molecule has 0 N–H and O–H groups in total. The van der Waals surface area contributed by atoms with Crippen molar-refractivity contribution in [3.63, 3.8) is 0 Å². The minimum Gasteiger partial charge on any atom is -0.0949 e. The van der Waals surface area contributed by atoms with E-state index in [-0.39, 0.29) is 0 Å². The molecule has 0 aromatic carbocycles. The second kappa shape index (κ2) is 2.06. The van der Waals surface area contributed by atoms with Crippen molar-refractivity contribution in [3.8, 4) is 0 Å². The lowest BCUT2D eigenvalue weighted by atomic mass is 9.94. The van der Waals surface area contributed by atoms with Gasteiger partial charge in [0.2, 0.25) is 0 Å². The Labute approximate surface area is 55.9 Å². The van der Waals surface area contributed by atoms with Gasteiger partial charge < -0.3 is 0 Å². The van der Waals surface area contributed by atoms with Crippen molar-refractivity contribution in [1.29, 1.82) is 0 Å². The van der Waals surface area contributed by atoms with Crippen molar-refractivity contribution in [2.45, 2.75) is 6.42 Å². The van der Waals surface area contributed by atoms with Crippen LogP contribution in [-0.2, 0) is 0 Å². The van der Waals surface area contributed by atoms with Crippen LogP contribution in [0.15, 0.2) is 48.6 Å². The van der Waals surface area contributed by atoms with Crippen LogP contribution in [0.2, 0.25) is 0 Å². The maximum atomic E-state index is 3.83. The summed E-state index contributed by atoms with van der Waals surface area (Å²) in [5.74, 6) is 0. The van der Waals surface area contributed by atoms with Crippen LogP contribution in [0.4, 0.5) is 0 Å². The highest BCUT2D eigenvalue weighted by atomic mass is 14.1. The molecule has 0 saturated carbocycles. The highest BCUT2D eigenvalue weighted by Gasteiger charge is 2.04. The fourth-order valence-electron chi connectivity index (χ4n) is 0.794. The lowest BCUT2D eigenvalue weighted by Gasteiger charge is -2.11. The van der Waals surface area contributed by atoms with Crippen molar-refractivity contribution >= 4 is 0 Å². The Morgan fingerprint density at radius 2 is 1.89 bits per heavy atom. The minimum absolute atomic E-state index is 0.928. The molecule has 0 nitrogen and oxygen atoms in total. The Morgan fingerprint density at radius 1 is 1.22 bits per heavy atom. The van der Waals surface area contributed by atoms with E-state index < -0.39 is 0 Å². The van der Waals surface area contributed by atoms with Crippen molar-refractivity contribution < 1.29 is 0 Å². The molecule has 0 spiro atoms. The Morgan fingerprint density at radius 3 is 2.33 bits per heavy atom. The van der Waals surface area contributed by atoms with Crippen LogP contribution in [-0.4, -0.2) is 0 Å². The van der Waals surface area contributed by atoms with Gasteiger partial charge in [-0.25, -0.2) is 0 Å². The average molecular weight is 118 g/mol. The van der Waals surface area contributed by atoms with Gasteiger partial charge in [-0.3, -0.25) is 0 Å². The number of hydrogen-bond acceptors (Lipinski definition) is 0. The largest absolute Gasteiger partial charge is 0.0949 e. The Kier molecular flexibility index (Phi) is 1.39. The van der Waals surface area contributed by atoms with Gasteiger partial charge in [-0.05, 0) is 23.1 Å². The molecule has 0 radical (unpaired) electrons. The average Bonchev–Trinajstić information content (AvgIpc) is 1.83. The highest BCUT2D eigenvalue weighted by molar-refractivity contribution is 5.51. The third-order valence-electron chi connectivity index (χ3n) is 1.50. The molecular formula is C9H10. The molecule has 0 aromatic heterocycles. The Hall–Kier alpha value is -1.04. The molecule has 9 heavy (non-hydrogen) atoms. The van der Waals surface area contributed by atoms with Gasteiger partial charge in [0.1, 0.15) is 0 Å². The zero-order valence-corrected chi connectivity index (χ0v) is 5.48. The predicted molar refractivity (Wildman–Crippen MR) is 41.2 cm³/mol. The van der Waals surface area contributed by atoms with Gasteiger partial charge in [0, 0.05) is 0 Å². The summed E-state index contributed by atoms with van der Waals surface area (Å²) < 4.78 is 0. The van der Waals surface area contributed by atoms with Gasteiger partial charge in [-0.2, -0.15) is 0 Å². The van der Waals surface area contributed by atoms with Gasteiger partial charge in [-0.15, -0.1) is 0 Å². The van der Waals surface area contributed by atoms with Crippen LogP contribution in [0.5, 0.6) is 0 Å². The second-order valence-electron chi connectivity index (χ2n) is 2.21. The van der Waals surface area contributed by atoms with E-state index in [1.165, 1.54) is 0 Å². The molecule has 0 bridgehead atoms. The Bertz CT molecular complexity index is 204. The first kappa shape index (κ1) is 6.09. The first-order valence-electron chi connectivity index (χ1n) is 2.94. The third-order valence-corrected chi connectivity index (χ3v) is 1.50. The predicted octanol–water partition coefficient (Wildman–Crippen LogP) is 2.61. The van der Waals surface area contributed by atoms with Gasteiger partial charge in [0.15, 0.2) is 0 Å². The molecule has 1 aliphatic rings. The maximum absolute atomic E-state index is 3.83. The van der Waals surface area contributed by atoms with Gasteiger partial charge in [-0.1, -0.05) is 31.9 Å². The first-order valence-corrected chi connectivity index (χ1v) is 2.94. The SMILES string of the molecule is C=C1C=CCC(=C)C1=C. The van der Waals surface area contributed by atoms with E-state index in [1.807, 2.05) is 6.08 Å². The normalized spacial score (nSPS) is 18.9. The lowest BCUT2D eigenvalue weighted by Crippen LogP contribution is -1.92. The zero-order valence-electron chi connectivity index (χ0n) is 5.48. The Balaban J connectivity index is 2.94. The third kappa shape index (κ3) is 1.02. The fourth-order valence-corrected chi connectivity index (χ4v) is 0.794. The standard InChI is InChI=1S/C9H10/c1-7-5-4-6-8(2)9(7)3/h4-5H,1-3,6H2. The minimum atomic E-state index is 0.928. The van der Waals surface area contributed by atoms with Crippen molar-refractivity contribution in [2.75, 3.05) is 0 Å². The number of allylic oxidation sites excluding steroid dienone is 5. The first-order chi connectivity index (χ1) is 4.22. The van der Waals surface area contributed by atoms with E-state index in [9.17, 15) is 0 Å². The van der Waals surface area contributed by atoms with Gasteiger partial charge in [0.25, 0.3) is 0 Å². The number of rotatable bonds is 0. The van der Waals surface area contributed by atoms with Gasteiger partial charge in [0.05, 0.1) is 0 Å². The van der Waals surface area contributed by atoms with Crippen molar-refractivity contribution in [2.24, 2.45) is 0 Å². The van der Waals surface area contributed by atoms with Crippen LogP contribution in [0.25, 0.3) is 0 Å². The summed E-state index contributed by atoms with van der Waals surface area (Å²) in [6.07, 6.45) is 4.97. The molecule has 0 saturated heterocycles. The van der Waals surface area contributed by atoms with Crippen molar-refractivity contribution in [3.05, 3.63) is 48.6 Å². The zero-order chi connectivity index (χ0) is 6.85. The molecule has 1 rings (SSSR count). The molecular weight excluding hydrogens is 108 g/mol. The molecule has 0 heteroatoms. The smallest absolute Gasteiger partial charge is 0.00941 e. The summed E-state index contributed by atoms with van der Waals surface area (Å²) in [6, 6.07) is 0. The maximum Gasteiger partial charge on any atom is -0.00941 e. The summed E-state index contributed by atoms with van der Waals surface area (Å²) in [4.78, 5) is 0. The molecule has 0 amide bonds.